The van der Waals surface area contributed by atoms with Crippen molar-refractivity contribution in [1.29, 1.82) is 0 Å². The molecule has 0 radical (unpaired) electrons. The predicted molar refractivity (Wildman–Crippen MR) is 82.5 cm³/mol. The largest absolute Gasteiger partial charge is 0.481 e. The highest BCUT2D eigenvalue weighted by molar-refractivity contribution is 5.52. The second-order valence-corrected chi connectivity index (χ2v) is 5.20. The lowest BCUT2D eigenvalue weighted by atomic mass is 10.1. The minimum absolute atomic E-state index is 0.315. The Morgan fingerprint density at radius 1 is 1.05 bits per heavy atom. The molecular formula is C17H17N3O2. The van der Waals surface area contributed by atoms with Crippen LogP contribution in [0, 0.1) is 13.8 Å². The van der Waals surface area contributed by atoms with Gasteiger partial charge in [0.15, 0.2) is 6.10 Å². The smallest absolute Gasteiger partial charge is 0.267 e. The Balaban J connectivity index is 1.77. The van der Waals surface area contributed by atoms with Crippen LogP contribution in [0.15, 0.2) is 47.2 Å². The molecule has 2 aromatic heterocycles. The number of benzene rings is 1. The number of aryl methyl sites for hydroxylation is 2. The molecule has 0 bridgehead atoms. The predicted octanol–water partition coefficient (Wildman–Crippen LogP) is 3.89. The van der Waals surface area contributed by atoms with E-state index in [4.69, 9.17) is 9.26 Å². The summed E-state index contributed by atoms with van der Waals surface area (Å²) in [6.45, 7) is 6.02. The van der Waals surface area contributed by atoms with Crippen molar-refractivity contribution in [2.75, 3.05) is 0 Å². The number of rotatable bonds is 4. The van der Waals surface area contributed by atoms with E-state index in [1.54, 1.807) is 12.4 Å². The Morgan fingerprint density at radius 2 is 1.82 bits per heavy atom. The van der Waals surface area contributed by atoms with Gasteiger partial charge in [-0.15, -0.1) is 0 Å². The zero-order valence-corrected chi connectivity index (χ0v) is 12.8. The molecule has 0 saturated heterocycles. The summed E-state index contributed by atoms with van der Waals surface area (Å²) in [4.78, 5) is 8.36. The maximum Gasteiger partial charge on any atom is 0.267 e. The number of hydrogen-bond acceptors (Lipinski definition) is 5. The minimum atomic E-state index is -0.315. The van der Waals surface area contributed by atoms with Crippen LogP contribution < -0.4 is 4.74 Å². The van der Waals surface area contributed by atoms with Gasteiger partial charge in [0, 0.05) is 18.0 Å². The summed E-state index contributed by atoms with van der Waals surface area (Å²) in [6, 6.07) is 9.66. The van der Waals surface area contributed by atoms with E-state index in [0.717, 1.165) is 11.3 Å². The molecule has 3 aromatic rings. The zero-order chi connectivity index (χ0) is 15.5. The molecule has 0 aliphatic heterocycles. The third-order valence-electron chi connectivity index (χ3n) is 3.52. The summed E-state index contributed by atoms with van der Waals surface area (Å²) in [5.41, 5.74) is 3.29. The van der Waals surface area contributed by atoms with Gasteiger partial charge in [-0.25, -0.2) is 0 Å². The SMILES string of the molecule is Cc1ccc(O[C@H](C)c2nc(-c3ccncc3)no2)cc1C. The monoisotopic (exact) mass is 295 g/mol. The highest BCUT2D eigenvalue weighted by atomic mass is 16.5. The molecule has 0 amide bonds. The fraction of sp³-hybridized carbons (Fsp3) is 0.235. The molecule has 5 nitrogen and oxygen atoms in total. The number of hydrogen-bond donors (Lipinski definition) is 0. The summed E-state index contributed by atoms with van der Waals surface area (Å²) in [5.74, 6) is 1.78. The van der Waals surface area contributed by atoms with Crippen molar-refractivity contribution >= 4 is 0 Å². The van der Waals surface area contributed by atoms with Gasteiger partial charge in [0.05, 0.1) is 0 Å². The molecule has 0 aliphatic rings. The van der Waals surface area contributed by atoms with E-state index < -0.39 is 0 Å². The van der Waals surface area contributed by atoms with Crippen molar-refractivity contribution in [1.82, 2.24) is 15.1 Å². The van der Waals surface area contributed by atoms with E-state index in [2.05, 4.69) is 29.0 Å². The number of aromatic nitrogens is 3. The topological polar surface area (TPSA) is 61.0 Å². The van der Waals surface area contributed by atoms with Gasteiger partial charge in [-0.3, -0.25) is 4.98 Å². The van der Waals surface area contributed by atoms with Crippen molar-refractivity contribution in [3.8, 4) is 17.1 Å². The molecule has 1 aromatic carbocycles. The van der Waals surface area contributed by atoms with E-state index in [0.29, 0.717) is 11.7 Å². The minimum Gasteiger partial charge on any atom is -0.481 e. The normalized spacial score (nSPS) is 12.1. The van der Waals surface area contributed by atoms with E-state index in [1.165, 1.54) is 11.1 Å². The molecule has 1 atom stereocenters. The van der Waals surface area contributed by atoms with Crippen LogP contribution in [0.25, 0.3) is 11.4 Å². The molecule has 22 heavy (non-hydrogen) atoms. The second kappa shape index (κ2) is 5.97. The first-order valence-electron chi connectivity index (χ1n) is 7.11. The van der Waals surface area contributed by atoms with Crippen LogP contribution in [0.3, 0.4) is 0 Å². The van der Waals surface area contributed by atoms with Crippen molar-refractivity contribution in [3.05, 3.63) is 59.7 Å². The second-order valence-electron chi connectivity index (χ2n) is 5.20. The average molecular weight is 295 g/mol. The maximum absolute atomic E-state index is 5.88. The number of pyridine rings is 1. The van der Waals surface area contributed by atoms with Gasteiger partial charge in [-0.05, 0) is 56.2 Å². The molecule has 0 spiro atoms. The Bertz CT molecular complexity index is 769. The standard InChI is InChI=1S/C17H17N3O2/c1-11-4-5-15(10-12(11)2)21-13(3)17-19-16(20-22-17)14-6-8-18-9-7-14/h4-10,13H,1-3H3/t13-/m1/s1. The first-order chi connectivity index (χ1) is 10.6. The lowest BCUT2D eigenvalue weighted by molar-refractivity contribution is 0.175. The Labute approximate surface area is 129 Å². The lowest BCUT2D eigenvalue weighted by Crippen LogP contribution is -2.03. The fourth-order valence-electron chi connectivity index (χ4n) is 2.06. The highest BCUT2D eigenvalue weighted by Crippen LogP contribution is 2.24. The quantitative estimate of drug-likeness (QED) is 0.730. The van der Waals surface area contributed by atoms with Gasteiger partial charge >= 0.3 is 0 Å². The Morgan fingerprint density at radius 3 is 2.55 bits per heavy atom. The molecular weight excluding hydrogens is 278 g/mol. The van der Waals surface area contributed by atoms with Crippen LogP contribution >= 0.6 is 0 Å². The van der Waals surface area contributed by atoms with Crippen molar-refractivity contribution in [3.63, 3.8) is 0 Å². The summed E-state index contributed by atoms with van der Waals surface area (Å²) in [5, 5.41) is 3.99. The lowest BCUT2D eigenvalue weighted by Gasteiger charge is -2.12. The number of ether oxygens (including phenoxy) is 1. The zero-order valence-electron chi connectivity index (χ0n) is 12.8. The van der Waals surface area contributed by atoms with Crippen molar-refractivity contribution in [2.45, 2.75) is 26.9 Å². The molecule has 2 heterocycles. The Kier molecular flexibility index (Phi) is 3.87. The van der Waals surface area contributed by atoms with Crippen LogP contribution in [0.1, 0.15) is 30.0 Å². The molecule has 0 aliphatic carbocycles. The summed E-state index contributed by atoms with van der Waals surface area (Å²) >= 11 is 0. The van der Waals surface area contributed by atoms with Gasteiger partial charge in [-0.1, -0.05) is 11.2 Å². The summed E-state index contributed by atoms with van der Waals surface area (Å²) in [7, 11) is 0. The van der Waals surface area contributed by atoms with Crippen LogP contribution in [0.2, 0.25) is 0 Å². The number of nitrogens with zero attached hydrogens (tertiary/aromatic N) is 3. The molecule has 0 N–H and O–H groups in total. The molecule has 0 fully saturated rings. The summed E-state index contributed by atoms with van der Waals surface area (Å²) < 4.78 is 11.2. The first kappa shape index (κ1) is 14.3. The highest BCUT2D eigenvalue weighted by Gasteiger charge is 2.17. The van der Waals surface area contributed by atoms with Crippen molar-refractivity contribution in [2.24, 2.45) is 0 Å². The maximum atomic E-state index is 5.88. The van der Waals surface area contributed by atoms with E-state index in [9.17, 15) is 0 Å². The molecule has 0 saturated carbocycles. The van der Waals surface area contributed by atoms with Gasteiger partial charge < -0.3 is 9.26 Å². The first-order valence-corrected chi connectivity index (χ1v) is 7.11. The van der Waals surface area contributed by atoms with Crippen LogP contribution in [0.4, 0.5) is 0 Å². The Hall–Kier alpha value is -2.69. The van der Waals surface area contributed by atoms with Gasteiger partial charge in [0.2, 0.25) is 5.82 Å². The van der Waals surface area contributed by atoms with E-state index in [-0.39, 0.29) is 6.10 Å². The van der Waals surface area contributed by atoms with E-state index in [1.807, 2.05) is 37.3 Å². The van der Waals surface area contributed by atoms with Crippen molar-refractivity contribution < 1.29 is 9.26 Å². The molecule has 5 heteroatoms. The van der Waals surface area contributed by atoms with Gasteiger partial charge in [0.25, 0.3) is 5.89 Å². The molecule has 0 unspecified atom stereocenters. The summed E-state index contributed by atoms with van der Waals surface area (Å²) in [6.07, 6.45) is 3.07. The fourth-order valence-corrected chi connectivity index (χ4v) is 2.06. The molecule has 112 valence electrons. The van der Waals surface area contributed by atoms with Gasteiger partial charge in [-0.2, -0.15) is 4.98 Å². The average Bonchev–Trinajstić information content (AvgIpc) is 3.02. The van der Waals surface area contributed by atoms with E-state index >= 15 is 0 Å². The van der Waals surface area contributed by atoms with Gasteiger partial charge in [0.1, 0.15) is 5.75 Å². The third kappa shape index (κ3) is 2.98. The third-order valence-corrected chi connectivity index (χ3v) is 3.52. The van der Waals surface area contributed by atoms with Crippen LogP contribution in [-0.4, -0.2) is 15.1 Å². The van der Waals surface area contributed by atoms with Crippen LogP contribution in [0.5, 0.6) is 5.75 Å². The van der Waals surface area contributed by atoms with Crippen LogP contribution in [-0.2, 0) is 0 Å². The molecule has 3 rings (SSSR count).